The van der Waals surface area contributed by atoms with E-state index in [2.05, 4.69) is 20.4 Å². The van der Waals surface area contributed by atoms with Crippen LogP contribution in [0.15, 0.2) is 27.9 Å². The standard InChI is InChI=1S/C9H10N4O3/c1-15-7-8(11-5-12-9(7)14)10-4-6-2-3-13-16-6/h2-3,5H,4H2,1H3,(H2,10,11,12,14). The smallest absolute Gasteiger partial charge is 0.295 e. The van der Waals surface area contributed by atoms with Crippen LogP contribution in [0.3, 0.4) is 0 Å². The van der Waals surface area contributed by atoms with E-state index in [1.807, 2.05) is 0 Å². The second-order valence-electron chi connectivity index (χ2n) is 2.95. The van der Waals surface area contributed by atoms with Crippen LogP contribution < -0.4 is 15.6 Å². The molecule has 2 N–H and O–H groups in total. The number of rotatable bonds is 4. The topological polar surface area (TPSA) is 93.0 Å². The van der Waals surface area contributed by atoms with Crippen LogP contribution in [0, 0.1) is 0 Å². The number of nitrogens with zero attached hydrogens (tertiary/aromatic N) is 2. The second kappa shape index (κ2) is 4.47. The van der Waals surface area contributed by atoms with Gasteiger partial charge in [0.15, 0.2) is 11.6 Å². The first-order valence-corrected chi connectivity index (χ1v) is 4.56. The molecule has 0 radical (unpaired) electrons. The highest BCUT2D eigenvalue weighted by Gasteiger charge is 2.08. The normalized spacial score (nSPS) is 10.1. The third-order valence-corrected chi connectivity index (χ3v) is 1.94. The Morgan fingerprint density at radius 1 is 1.62 bits per heavy atom. The maximum atomic E-state index is 11.3. The molecule has 2 rings (SSSR count). The summed E-state index contributed by atoms with van der Waals surface area (Å²) in [5.41, 5.74) is -0.336. The Bertz CT molecular complexity index is 506. The average Bonchev–Trinajstić information content (AvgIpc) is 2.79. The van der Waals surface area contributed by atoms with Gasteiger partial charge in [-0.2, -0.15) is 0 Å². The summed E-state index contributed by atoms with van der Waals surface area (Å²) in [5.74, 6) is 1.15. The molecule has 0 fully saturated rings. The van der Waals surface area contributed by atoms with Gasteiger partial charge in [-0.3, -0.25) is 4.79 Å². The first-order valence-electron chi connectivity index (χ1n) is 4.56. The van der Waals surface area contributed by atoms with Gasteiger partial charge < -0.3 is 19.6 Å². The molecule has 7 heteroatoms. The van der Waals surface area contributed by atoms with E-state index in [4.69, 9.17) is 9.26 Å². The van der Waals surface area contributed by atoms with Gasteiger partial charge in [0.05, 0.1) is 26.2 Å². The van der Waals surface area contributed by atoms with Crippen molar-refractivity contribution in [3.05, 3.63) is 34.7 Å². The maximum Gasteiger partial charge on any atom is 0.295 e. The fourth-order valence-corrected chi connectivity index (χ4v) is 1.21. The quantitative estimate of drug-likeness (QED) is 0.776. The van der Waals surface area contributed by atoms with Crippen molar-refractivity contribution < 1.29 is 9.26 Å². The molecule has 0 aliphatic heterocycles. The van der Waals surface area contributed by atoms with Crippen LogP contribution in [-0.2, 0) is 6.54 Å². The van der Waals surface area contributed by atoms with Gasteiger partial charge in [-0.25, -0.2) is 4.98 Å². The molecule has 2 heterocycles. The summed E-state index contributed by atoms with van der Waals surface area (Å²) in [5, 5.41) is 6.48. The fourth-order valence-electron chi connectivity index (χ4n) is 1.21. The number of hydrogen-bond acceptors (Lipinski definition) is 6. The highest BCUT2D eigenvalue weighted by molar-refractivity contribution is 5.47. The van der Waals surface area contributed by atoms with Crippen molar-refractivity contribution in [2.24, 2.45) is 0 Å². The van der Waals surface area contributed by atoms with E-state index in [9.17, 15) is 4.79 Å². The fraction of sp³-hybridized carbons (Fsp3) is 0.222. The van der Waals surface area contributed by atoms with Crippen LogP contribution in [0.25, 0.3) is 0 Å². The van der Waals surface area contributed by atoms with Gasteiger partial charge in [0.1, 0.15) is 0 Å². The molecule has 0 bridgehead atoms. The summed E-state index contributed by atoms with van der Waals surface area (Å²) in [6.07, 6.45) is 2.84. The summed E-state index contributed by atoms with van der Waals surface area (Å²) in [7, 11) is 1.41. The van der Waals surface area contributed by atoms with Gasteiger partial charge in [0, 0.05) is 6.07 Å². The summed E-state index contributed by atoms with van der Waals surface area (Å²) in [4.78, 5) is 17.7. The average molecular weight is 222 g/mol. The molecule has 0 saturated carbocycles. The minimum absolute atomic E-state index is 0.141. The Kier molecular flexibility index (Phi) is 2.86. The van der Waals surface area contributed by atoms with E-state index in [0.717, 1.165) is 0 Å². The van der Waals surface area contributed by atoms with Crippen molar-refractivity contribution in [2.45, 2.75) is 6.54 Å². The molecule has 0 unspecified atom stereocenters. The lowest BCUT2D eigenvalue weighted by atomic mass is 10.4. The molecule has 2 aromatic rings. The van der Waals surface area contributed by atoms with Crippen molar-refractivity contribution in [3.63, 3.8) is 0 Å². The number of ether oxygens (including phenoxy) is 1. The van der Waals surface area contributed by atoms with E-state index in [1.54, 1.807) is 12.3 Å². The van der Waals surface area contributed by atoms with E-state index in [1.165, 1.54) is 13.4 Å². The lowest BCUT2D eigenvalue weighted by molar-refractivity contribution is 0.386. The van der Waals surface area contributed by atoms with Crippen molar-refractivity contribution in [3.8, 4) is 5.75 Å². The molecule has 0 amide bonds. The molecule has 0 atom stereocenters. The number of aromatic amines is 1. The van der Waals surface area contributed by atoms with Crippen molar-refractivity contribution in [1.82, 2.24) is 15.1 Å². The SMILES string of the molecule is COc1c(NCc2ccno2)nc[nH]c1=O. The van der Waals surface area contributed by atoms with E-state index in [-0.39, 0.29) is 11.3 Å². The lowest BCUT2D eigenvalue weighted by Crippen LogP contribution is -2.13. The molecule has 0 aliphatic carbocycles. The van der Waals surface area contributed by atoms with Gasteiger partial charge in [-0.15, -0.1) is 0 Å². The molecule has 0 spiro atoms. The van der Waals surface area contributed by atoms with Crippen molar-refractivity contribution in [2.75, 3.05) is 12.4 Å². The predicted molar refractivity (Wildman–Crippen MR) is 55.2 cm³/mol. The number of hydrogen-bond donors (Lipinski definition) is 2. The molecule has 0 saturated heterocycles. The number of aromatic nitrogens is 3. The zero-order valence-corrected chi connectivity index (χ0v) is 8.56. The Labute approximate surface area is 90.4 Å². The first kappa shape index (κ1) is 10.2. The highest BCUT2D eigenvalue weighted by atomic mass is 16.5. The van der Waals surface area contributed by atoms with Crippen LogP contribution in [0.4, 0.5) is 5.82 Å². The zero-order valence-electron chi connectivity index (χ0n) is 8.56. The molecular formula is C9H10N4O3. The largest absolute Gasteiger partial charge is 0.489 e. The Morgan fingerprint density at radius 3 is 3.19 bits per heavy atom. The number of methoxy groups -OCH3 is 1. The summed E-state index contributed by atoms with van der Waals surface area (Å²) in [6.45, 7) is 0.382. The van der Waals surface area contributed by atoms with Crippen LogP contribution >= 0.6 is 0 Å². The highest BCUT2D eigenvalue weighted by Crippen LogP contribution is 2.15. The molecule has 2 aromatic heterocycles. The molecule has 7 nitrogen and oxygen atoms in total. The second-order valence-corrected chi connectivity index (χ2v) is 2.95. The van der Waals surface area contributed by atoms with Gasteiger partial charge in [0.25, 0.3) is 5.56 Å². The maximum absolute atomic E-state index is 11.3. The van der Waals surface area contributed by atoms with Crippen LogP contribution in [0.2, 0.25) is 0 Å². The number of H-pyrrole nitrogens is 1. The van der Waals surface area contributed by atoms with E-state index < -0.39 is 0 Å². The minimum Gasteiger partial charge on any atom is -0.489 e. The predicted octanol–water partition coefficient (Wildman–Crippen LogP) is 0.379. The van der Waals surface area contributed by atoms with Gasteiger partial charge in [-0.05, 0) is 0 Å². The summed E-state index contributed by atoms with van der Waals surface area (Å²) < 4.78 is 9.82. The number of anilines is 1. The third kappa shape index (κ3) is 2.02. The van der Waals surface area contributed by atoms with E-state index in [0.29, 0.717) is 18.1 Å². The van der Waals surface area contributed by atoms with Crippen LogP contribution in [0.1, 0.15) is 5.76 Å². The molecule has 84 valence electrons. The van der Waals surface area contributed by atoms with Crippen LogP contribution in [0.5, 0.6) is 5.75 Å². The Balaban J connectivity index is 2.15. The third-order valence-electron chi connectivity index (χ3n) is 1.94. The summed E-state index contributed by atoms with van der Waals surface area (Å²) in [6, 6.07) is 1.71. The lowest BCUT2D eigenvalue weighted by Gasteiger charge is -2.06. The van der Waals surface area contributed by atoms with Crippen molar-refractivity contribution in [1.29, 1.82) is 0 Å². The Hall–Kier alpha value is -2.31. The summed E-state index contributed by atoms with van der Waals surface area (Å²) >= 11 is 0. The molecule has 16 heavy (non-hydrogen) atoms. The van der Waals surface area contributed by atoms with Gasteiger partial charge in [-0.1, -0.05) is 5.16 Å². The number of nitrogens with one attached hydrogen (secondary N) is 2. The molecule has 0 aromatic carbocycles. The molecule has 0 aliphatic rings. The van der Waals surface area contributed by atoms with E-state index >= 15 is 0 Å². The monoisotopic (exact) mass is 222 g/mol. The molecular weight excluding hydrogens is 212 g/mol. The first-order chi connectivity index (χ1) is 7.81. The van der Waals surface area contributed by atoms with Crippen molar-refractivity contribution >= 4 is 5.82 Å². The van der Waals surface area contributed by atoms with Crippen LogP contribution in [-0.4, -0.2) is 22.2 Å². The minimum atomic E-state index is -0.336. The zero-order chi connectivity index (χ0) is 11.4. The van der Waals surface area contributed by atoms with Gasteiger partial charge >= 0.3 is 0 Å². The Morgan fingerprint density at radius 2 is 2.50 bits per heavy atom. The van der Waals surface area contributed by atoms with Gasteiger partial charge in [0.2, 0.25) is 5.75 Å².